The maximum Gasteiger partial charge on any atom is 0.157 e. The lowest BCUT2D eigenvalue weighted by Gasteiger charge is -2.08. The predicted molar refractivity (Wildman–Crippen MR) is 116 cm³/mol. The molecule has 0 amide bonds. The van der Waals surface area contributed by atoms with Gasteiger partial charge in [0.25, 0.3) is 0 Å². The SMILES string of the molecule is Cc1nn(C)c2ncc(CNCCc3ccc(OCc4ccccc4)cc3)cc12. The summed E-state index contributed by atoms with van der Waals surface area (Å²) in [7, 11) is 1.93. The molecule has 0 aliphatic rings. The molecule has 0 spiro atoms. The van der Waals surface area contributed by atoms with Crippen molar-refractivity contribution >= 4 is 11.0 Å². The zero-order chi connectivity index (χ0) is 20.1. The normalized spacial score (nSPS) is 11.1. The summed E-state index contributed by atoms with van der Waals surface area (Å²) >= 11 is 0. The number of pyridine rings is 1. The van der Waals surface area contributed by atoms with Crippen LogP contribution in [0, 0.1) is 6.92 Å². The van der Waals surface area contributed by atoms with E-state index >= 15 is 0 Å². The standard InChI is InChI=1S/C24H26N4O/c1-18-23-14-21(16-26-24(23)28(2)27-18)15-25-13-12-19-8-10-22(11-9-19)29-17-20-6-4-3-5-7-20/h3-11,14,16,25H,12-13,15,17H2,1-2H3. The molecule has 0 bridgehead atoms. The van der Waals surface area contributed by atoms with Crippen molar-refractivity contribution in [1.29, 1.82) is 0 Å². The number of hydrogen-bond acceptors (Lipinski definition) is 4. The Morgan fingerprint density at radius 3 is 2.55 bits per heavy atom. The fourth-order valence-electron chi connectivity index (χ4n) is 3.41. The highest BCUT2D eigenvalue weighted by atomic mass is 16.5. The van der Waals surface area contributed by atoms with Gasteiger partial charge in [-0.05, 0) is 54.8 Å². The van der Waals surface area contributed by atoms with E-state index in [4.69, 9.17) is 4.74 Å². The summed E-state index contributed by atoms with van der Waals surface area (Å²) in [6, 6.07) is 20.7. The molecule has 5 nitrogen and oxygen atoms in total. The Morgan fingerprint density at radius 1 is 0.966 bits per heavy atom. The Hall–Kier alpha value is -3.18. The van der Waals surface area contributed by atoms with Gasteiger partial charge < -0.3 is 10.1 Å². The number of benzene rings is 2. The van der Waals surface area contributed by atoms with E-state index in [0.717, 1.165) is 42.0 Å². The summed E-state index contributed by atoms with van der Waals surface area (Å²) < 4.78 is 7.68. The van der Waals surface area contributed by atoms with E-state index in [9.17, 15) is 0 Å². The Kier molecular flexibility index (Phi) is 5.86. The molecule has 0 unspecified atom stereocenters. The maximum absolute atomic E-state index is 5.85. The topological polar surface area (TPSA) is 52.0 Å². The van der Waals surface area contributed by atoms with Crippen LogP contribution in [0.5, 0.6) is 5.75 Å². The second kappa shape index (κ2) is 8.88. The number of fused-ring (bicyclic) bond motifs is 1. The molecule has 29 heavy (non-hydrogen) atoms. The van der Waals surface area contributed by atoms with Gasteiger partial charge in [0.05, 0.1) is 5.69 Å². The smallest absolute Gasteiger partial charge is 0.157 e. The van der Waals surface area contributed by atoms with Gasteiger partial charge in [-0.15, -0.1) is 0 Å². The average molecular weight is 386 g/mol. The van der Waals surface area contributed by atoms with Crippen molar-refractivity contribution in [3.05, 3.63) is 89.2 Å². The maximum atomic E-state index is 5.85. The van der Waals surface area contributed by atoms with E-state index in [-0.39, 0.29) is 0 Å². The summed E-state index contributed by atoms with van der Waals surface area (Å²) in [5, 5.41) is 9.06. The van der Waals surface area contributed by atoms with Crippen LogP contribution in [0.3, 0.4) is 0 Å². The lowest BCUT2D eigenvalue weighted by molar-refractivity contribution is 0.306. The van der Waals surface area contributed by atoms with Crippen molar-refractivity contribution in [1.82, 2.24) is 20.1 Å². The molecule has 0 radical (unpaired) electrons. The molecule has 0 aliphatic heterocycles. The Labute approximate surface area is 171 Å². The molecular weight excluding hydrogens is 360 g/mol. The van der Waals surface area contributed by atoms with Crippen molar-refractivity contribution in [2.24, 2.45) is 7.05 Å². The third kappa shape index (κ3) is 4.81. The van der Waals surface area contributed by atoms with Crippen LogP contribution in [0.4, 0.5) is 0 Å². The van der Waals surface area contributed by atoms with Gasteiger partial charge in [0.15, 0.2) is 5.65 Å². The first-order valence-corrected chi connectivity index (χ1v) is 9.93. The first-order chi connectivity index (χ1) is 14.2. The third-order valence-electron chi connectivity index (χ3n) is 5.01. The van der Waals surface area contributed by atoms with Gasteiger partial charge in [0.2, 0.25) is 0 Å². The summed E-state index contributed by atoms with van der Waals surface area (Å²) in [6.07, 6.45) is 2.90. The second-order valence-electron chi connectivity index (χ2n) is 7.27. The van der Waals surface area contributed by atoms with E-state index in [2.05, 4.69) is 45.7 Å². The van der Waals surface area contributed by atoms with Crippen LogP contribution >= 0.6 is 0 Å². The minimum Gasteiger partial charge on any atom is -0.489 e. The van der Waals surface area contributed by atoms with Crippen molar-refractivity contribution in [2.45, 2.75) is 26.5 Å². The summed E-state index contributed by atoms with van der Waals surface area (Å²) in [4.78, 5) is 4.53. The Morgan fingerprint density at radius 2 is 1.76 bits per heavy atom. The first kappa shape index (κ1) is 19.2. The first-order valence-electron chi connectivity index (χ1n) is 9.93. The van der Waals surface area contributed by atoms with Gasteiger partial charge in [-0.25, -0.2) is 4.98 Å². The largest absolute Gasteiger partial charge is 0.489 e. The molecule has 5 heteroatoms. The zero-order valence-corrected chi connectivity index (χ0v) is 16.9. The van der Waals surface area contributed by atoms with Gasteiger partial charge in [0.1, 0.15) is 12.4 Å². The lowest BCUT2D eigenvalue weighted by atomic mass is 10.1. The molecular formula is C24H26N4O. The molecule has 4 aromatic rings. The fourth-order valence-corrected chi connectivity index (χ4v) is 3.41. The molecule has 148 valence electrons. The molecule has 0 atom stereocenters. The van der Waals surface area contributed by atoms with Crippen molar-refractivity contribution in [3.63, 3.8) is 0 Å². The zero-order valence-electron chi connectivity index (χ0n) is 16.9. The monoisotopic (exact) mass is 386 g/mol. The van der Waals surface area contributed by atoms with E-state index < -0.39 is 0 Å². The Balaban J connectivity index is 1.24. The van der Waals surface area contributed by atoms with Crippen LogP contribution in [0.2, 0.25) is 0 Å². The van der Waals surface area contributed by atoms with Gasteiger partial charge in [-0.2, -0.15) is 5.10 Å². The molecule has 0 aliphatic carbocycles. The number of rotatable bonds is 8. The third-order valence-corrected chi connectivity index (χ3v) is 5.01. The van der Waals surface area contributed by atoms with E-state index in [1.165, 1.54) is 16.7 Å². The number of nitrogens with zero attached hydrogens (tertiary/aromatic N) is 3. The fraction of sp³-hybridized carbons (Fsp3) is 0.250. The highest BCUT2D eigenvalue weighted by molar-refractivity contribution is 5.78. The molecule has 0 saturated carbocycles. The number of nitrogens with one attached hydrogen (secondary N) is 1. The van der Waals surface area contributed by atoms with Gasteiger partial charge in [0, 0.05) is 25.2 Å². The van der Waals surface area contributed by atoms with Gasteiger partial charge in [-0.3, -0.25) is 4.68 Å². The van der Waals surface area contributed by atoms with Crippen LogP contribution in [0.1, 0.15) is 22.4 Å². The van der Waals surface area contributed by atoms with Crippen LogP contribution in [0.15, 0.2) is 66.9 Å². The minimum absolute atomic E-state index is 0.594. The van der Waals surface area contributed by atoms with E-state index in [1.54, 1.807) is 0 Å². The summed E-state index contributed by atoms with van der Waals surface area (Å²) in [5.74, 6) is 0.900. The molecule has 1 N–H and O–H groups in total. The second-order valence-corrected chi connectivity index (χ2v) is 7.27. The molecule has 2 aromatic heterocycles. The van der Waals surface area contributed by atoms with Crippen LogP contribution in [0.25, 0.3) is 11.0 Å². The number of aromatic nitrogens is 3. The average Bonchev–Trinajstić information content (AvgIpc) is 3.04. The molecule has 2 aromatic carbocycles. The quantitative estimate of drug-likeness (QED) is 0.462. The molecule has 0 saturated heterocycles. The van der Waals surface area contributed by atoms with Crippen molar-refractivity contribution < 1.29 is 4.74 Å². The van der Waals surface area contributed by atoms with Gasteiger partial charge in [-0.1, -0.05) is 42.5 Å². The molecule has 2 heterocycles. The summed E-state index contributed by atoms with van der Waals surface area (Å²) in [5.41, 5.74) is 5.60. The van der Waals surface area contributed by atoms with E-state index in [1.807, 2.05) is 55.2 Å². The minimum atomic E-state index is 0.594. The van der Waals surface area contributed by atoms with Gasteiger partial charge >= 0.3 is 0 Å². The summed E-state index contributed by atoms with van der Waals surface area (Å²) in [6.45, 7) is 4.33. The van der Waals surface area contributed by atoms with E-state index in [0.29, 0.717) is 6.61 Å². The highest BCUT2D eigenvalue weighted by Crippen LogP contribution is 2.17. The van der Waals surface area contributed by atoms with Crippen LogP contribution in [-0.4, -0.2) is 21.3 Å². The number of aryl methyl sites for hydroxylation is 2. The predicted octanol–water partition coefficient (Wildman–Crippen LogP) is 4.19. The van der Waals surface area contributed by atoms with Crippen LogP contribution < -0.4 is 10.1 Å². The van der Waals surface area contributed by atoms with Crippen molar-refractivity contribution in [3.8, 4) is 5.75 Å². The molecule has 0 fully saturated rings. The lowest BCUT2D eigenvalue weighted by Crippen LogP contribution is -2.16. The van der Waals surface area contributed by atoms with Crippen molar-refractivity contribution in [2.75, 3.05) is 6.54 Å². The van der Waals surface area contributed by atoms with Crippen LogP contribution in [-0.2, 0) is 26.6 Å². The number of ether oxygens (including phenoxy) is 1. The Bertz CT molecular complexity index is 1070. The molecule has 4 rings (SSSR count). The highest BCUT2D eigenvalue weighted by Gasteiger charge is 2.06. The number of hydrogen-bond donors (Lipinski definition) is 1.